The molecule has 0 aromatic heterocycles. The molecule has 0 heterocycles. The van der Waals surface area contributed by atoms with Crippen molar-refractivity contribution in [2.24, 2.45) is 0 Å². The number of hydrogen-bond donors (Lipinski definition) is 1. The smallest absolute Gasteiger partial charge is 0.243 e. The van der Waals surface area contributed by atoms with Crippen LogP contribution < -0.4 is 10.1 Å². The summed E-state index contributed by atoms with van der Waals surface area (Å²) in [6, 6.07) is 14.6. The molecule has 0 saturated heterocycles. The van der Waals surface area contributed by atoms with Gasteiger partial charge in [0, 0.05) is 17.6 Å². The van der Waals surface area contributed by atoms with Gasteiger partial charge >= 0.3 is 0 Å². The summed E-state index contributed by atoms with van der Waals surface area (Å²) >= 11 is 6.31. The van der Waals surface area contributed by atoms with E-state index in [0.717, 1.165) is 42.6 Å². The number of ether oxygens (including phenoxy) is 1. The van der Waals surface area contributed by atoms with Crippen molar-refractivity contribution >= 4 is 23.4 Å². The van der Waals surface area contributed by atoms with E-state index in [1.165, 1.54) is 6.42 Å². The summed E-state index contributed by atoms with van der Waals surface area (Å²) in [5, 5.41) is 3.77. The van der Waals surface area contributed by atoms with Gasteiger partial charge in [0.05, 0.1) is 13.5 Å². The van der Waals surface area contributed by atoms with Gasteiger partial charge in [-0.1, -0.05) is 68.1 Å². The molecule has 2 aromatic carbocycles. The predicted octanol–water partition coefficient (Wildman–Crippen LogP) is 5.15. The van der Waals surface area contributed by atoms with Gasteiger partial charge in [0.1, 0.15) is 11.8 Å². The van der Waals surface area contributed by atoms with Crippen LogP contribution in [0.2, 0.25) is 5.02 Å². The number of methoxy groups -OCH3 is 1. The Morgan fingerprint density at radius 3 is 2.41 bits per heavy atom. The lowest BCUT2D eigenvalue weighted by atomic mass is 9.95. The molecule has 1 fully saturated rings. The Hall–Kier alpha value is -2.53. The van der Waals surface area contributed by atoms with Crippen LogP contribution in [0.4, 0.5) is 0 Å². The highest BCUT2D eigenvalue weighted by molar-refractivity contribution is 6.31. The molecule has 32 heavy (non-hydrogen) atoms. The summed E-state index contributed by atoms with van der Waals surface area (Å²) in [7, 11) is 1.62. The van der Waals surface area contributed by atoms with Gasteiger partial charge in [-0.15, -0.1) is 0 Å². The largest absolute Gasteiger partial charge is 0.497 e. The third kappa shape index (κ3) is 6.49. The van der Waals surface area contributed by atoms with Crippen molar-refractivity contribution in [2.45, 2.75) is 70.5 Å². The van der Waals surface area contributed by atoms with Crippen LogP contribution >= 0.6 is 11.6 Å². The van der Waals surface area contributed by atoms with E-state index in [1.54, 1.807) is 18.1 Å². The predicted molar refractivity (Wildman–Crippen MR) is 128 cm³/mol. The van der Waals surface area contributed by atoms with E-state index in [1.807, 2.05) is 49.4 Å². The third-order valence-electron chi connectivity index (χ3n) is 6.15. The summed E-state index contributed by atoms with van der Waals surface area (Å²) in [5.41, 5.74) is 1.71. The highest BCUT2D eigenvalue weighted by Gasteiger charge is 2.30. The number of amides is 2. The van der Waals surface area contributed by atoms with Crippen molar-refractivity contribution in [3.8, 4) is 5.75 Å². The minimum Gasteiger partial charge on any atom is -0.497 e. The number of halogens is 1. The molecule has 5 nitrogen and oxygen atoms in total. The van der Waals surface area contributed by atoms with Crippen molar-refractivity contribution in [2.75, 3.05) is 7.11 Å². The molecule has 0 spiro atoms. The Balaban J connectivity index is 1.81. The zero-order chi connectivity index (χ0) is 22.9. The maximum atomic E-state index is 13.5. The minimum absolute atomic E-state index is 0.0691. The average molecular weight is 457 g/mol. The Kier molecular flexibility index (Phi) is 8.98. The second kappa shape index (κ2) is 11.9. The van der Waals surface area contributed by atoms with Gasteiger partial charge in [-0.3, -0.25) is 9.59 Å². The number of carbonyl (C=O) groups is 2. The Morgan fingerprint density at radius 2 is 1.78 bits per heavy atom. The molecule has 1 saturated carbocycles. The fraction of sp³-hybridized carbons (Fsp3) is 0.462. The first-order valence-electron chi connectivity index (χ1n) is 11.5. The number of hydrogen-bond acceptors (Lipinski definition) is 3. The lowest BCUT2D eigenvalue weighted by Crippen LogP contribution is -2.52. The Bertz CT molecular complexity index is 894. The number of nitrogens with one attached hydrogen (secondary N) is 1. The molecular weight excluding hydrogens is 424 g/mol. The van der Waals surface area contributed by atoms with Crippen LogP contribution in [0.15, 0.2) is 48.5 Å². The SMILES string of the molecule is CC[C@H](C(=O)NC1CCCCC1)N(Cc1ccc(OC)cc1)C(=O)Cc1ccccc1Cl. The molecule has 2 aromatic rings. The topological polar surface area (TPSA) is 58.6 Å². The standard InChI is InChI=1S/C26H33ClN2O3/c1-3-24(26(31)28-21-10-5-4-6-11-21)29(18-19-13-15-22(32-2)16-14-19)25(30)17-20-9-7-8-12-23(20)27/h7-9,12-16,21,24H,3-6,10-11,17-18H2,1-2H3,(H,28,31)/t24-/m1/s1. The molecule has 0 radical (unpaired) electrons. The van der Waals surface area contributed by atoms with E-state index >= 15 is 0 Å². The van der Waals surface area contributed by atoms with Crippen LogP contribution in [0, 0.1) is 0 Å². The summed E-state index contributed by atoms with van der Waals surface area (Å²) in [4.78, 5) is 28.4. The number of nitrogens with zero attached hydrogens (tertiary/aromatic N) is 1. The van der Waals surface area contributed by atoms with Crippen LogP contribution in [0.25, 0.3) is 0 Å². The lowest BCUT2D eigenvalue weighted by molar-refractivity contribution is -0.141. The van der Waals surface area contributed by atoms with Crippen molar-refractivity contribution in [3.63, 3.8) is 0 Å². The molecule has 0 bridgehead atoms. The monoisotopic (exact) mass is 456 g/mol. The lowest BCUT2D eigenvalue weighted by Gasteiger charge is -2.33. The van der Waals surface area contributed by atoms with E-state index in [9.17, 15) is 9.59 Å². The van der Waals surface area contributed by atoms with Gasteiger partial charge < -0.3 is 15.0 Å². The average Bonchev–Trinajstić information content (AvgIpc) is 2.81. The molecule has 0 aliphatic heterocycles. The Morgan fingerprint density at radius 1 is 1.09 bits per heavy atom. The Labute approximate surface area is 196 Å². The molecule has 1 aliphatic carbocycles. The third-order valence-corrected chi connectivity index (χ3v) is 6.52. The van der Waals surface area contributed by atoms with Gasteiger partial charge in [-0.25, -0.2) is 0 Å². The van der Waals surface area contributed by atoms with Gasteiger partial charge in [0.2, 0.25) is 11.8 Å². The highest BCUT2D eigenvalue weighted by atomic mass is 35.5. The molecule has 0 unspecified atom stereocenters. The van der Waals surface area contributed by atoms with Crippen molar-refractivity contribution in [1.29, 1.82) is 0 Å². The van der Waals surface area contributed by atoms with Crippen molar-refractivity contribution in [3.05, 3.63) is 64.7 Å². The summed E-state index contributed by atoms with van der Waals surface area (Å²) in [6.45, 7) is 2.30. The first-order valence-corrected chi connectivity index (χ1v) is 11.9. The molecule has 1 aliphatic rings. The molecule has 2 amide bonds. The normalized spacial score (nSPS) is 15.1. The molecule has 172 valence electrons. The van der Waals surface area contributed by atoms with Crippen LogP contribution in [0.3, 0.4) is 0 Å². The van der Waals surface area contributed by atoms with Crippen LogP contribution in [-0.4, -0.2) is 35.9 Å². The zero-order valence-electron chi connectivity index (χ0n) is 19.0. The fourth-order valence-electron chi connectivity index (χ4n) is 4.30. The van der Waals surface area contributed by atoms with E-state index in [-0.39, 0.29) is 24.3 Å². The highest BCUT2D eigenvalue weighted by Crippen LogP contribution is 2.22. The summed E-state index contributed by atoms with van der Waals surface area (Å²) in [5.74, 6) is 0.574. The summed E-state index contributed by atoms with van der Waals surface area (Å²) < 4.78 is 5.25. The molecule has 6 heteroatoms. The molecule has 1 N–H and O–H groups in total. The number of benzene rings is 2. The molecular formula is C26H33ClN2O3. The molecule has 1 atom stereocenters. The van der Waals surface area contributed by atoms with Gasteiger partial charge in [-0.2, -0.15) is 0 Å². The first-order chi connectivity index (χ1) is 15.5. The second-order valence-electron chi connectivity index (χ2n) is 8.41. The first kappa shape index (κ1) is 24.1. The van der Waals surface area contributed by atoms with E-state index in [0.29, 0.717) is 18.0 Å². The summed E-state index contributed by atoms with van der Waals surface area (Å²) in [6.07, 6.45) is 6.23. The quantitative estimate of drug-likeness (QED) is 0.567. The zero-order valence-corrected chi connectivity index (χ0v) is 19.7. The number of rotatable bonds is 9. The van der Waals surface area contributed by atoms with Crippen LogP contribution in [-0.2, 0) is 22.6 Å². The fourth-order valence-corrected chi connectivity index (χ4v) is 4.50. The van der Waals surface area contributed by atoms with Crippen molar-refractivity contribution in [1.82, 2.24) is 10.2 Å². The van der Waals surface area contributed by atoms with Crippen LogP contribution in [0.1, 0.15) is 56.6 Å². The van der Waals surface area contributed by atoms with E-state index in [2.05, 4.69) is 5.32 Å². The van der Waals surface area contributed by atoms with E-state index < -0.39 is 6.04 Å². The van der Waals surface area contributed by atoms with Gasteiger partial charge in [-0.05, 0) is 48.6 Å². The maximum Gasteiger partial charge on any atom is 0.243 e. The van der Waals surface area contributed by atoms with Crippen LogP contribution in [0.5, 0.6) is 5.75 Å². The second-order valence-corrected chi connectivity index (χ2v) is 8.81. The van der Waals surface area contributed by atoms with Gasteiger partial charge in [0.25, 0.3) is 0 Å². The van der Waals surface area contributed by atoms with Crippen molar-refractivity contribution < 1.29 is 14.3 Å². The maximum absolute atomic E-state index is 13.5. The molecule has 3 rings (SSSR count). The van der Waals surface area contributed by atoms with Gasteiger partial charge in [0.15, 0.2) is 0 Å². The minimum atomic E-state index is -0.533. The number of carbonyl (C=O) groups excluding carboxylic acids is 2. The van der Waals surface area contributed by atoms with E-state index in [4.69, 9.17) is 16.3 Å².